The lowest BCUT2D eigenvalue weighted by atomic mass is 10.1. The van der Waals surface area contributed by atoms with Crippen LogP contribution in [0.3, 0.4) is 0 Å². The molecule has 0 N–H and O–H groups in total. The van der Waals surface area contributed by atoms with Crippen molar-refractivity contribution in [3.63, 3.8) is 0 Å². The third-order valence-corrected chi connectivity index (χ3v) is 3.12. The Morgan fingerprint density at radius 2 is 2.18 bits per heavy atom. The molecule has 1 aromatic heterocycles. The van der Waals surface area contributed by atoms with Crippen LogP contribution in [-0.4, -0.2) is 35.9 Å². The monoisotopic (exact) mass is 300 g/mol. The van der Waals surface area contributed by atoms with E-state index in [0.29, 0.717) is 18.8 Å². The maximum absolute atomic E-state index is 12.2. The van der Waals surface area contributed by atoms with E-state index in [1.165, 1.54) is 0 Å². The van der Waals surface area contributed by atoms with E-state index in [1.54, 1.807) is 37.2 Å². The smallest absolute Gasteiger partial charge is 0.189 e. The van der Waals surface area contributed by atoms with Crippen molar-refractivity contribution in [1.82, 2.24) is 9.78 Å². The first-order valence-corrected chi connectivity index (χ1v) is 7.04. The highest BCUT2D eigenvalue weighted by Gasteiger charge is 2.09. The first-order chi connectivity index (χ1) is 10.6. The topological polar surface area (TPSA) is 53.4 Å². The summed E-state index contributed by atoms with van der Waals surface area (Å²) in [6.07, 6.45) is 5.06. The van der Waals surface area contributed by atoms with E-state index < -0.39 is 0 Å². The molecule has 0 unspecified atom stereocenters. The molecular weight excluding hydrogens is 280 g/mol. The molecule has 0 saturated carbocycles. The molecule has 0 saturated heterocycles. The maximum atomic E-state index is 12.2. The molecule has 5 heteroatoms. The molecule has 1 heterocycles. The van der Waals surface area contributed by atoms with E-state index >= 15 is 0 Å². The number of carbonyl (C=O) groups excluding carboxylic acids is 1. The van der Waals surface area contributed by atoms with Gasteiger partial charge in [-0.25, -0.2) is 0 Å². The molecule has 0 atom stereocenters. The van der Waals surface area contributed by atoms with Crippen molar-refractivity contribution < 1.29 is 14.3 Å². The summed E-state index contributed by atoms with van der Waals surface area (Å²) in [6, 6.07) is 7.57. The van der Waals surface area contributed by atoms with Gasteiger partial charge in [0.05, 0.1) is 17.9 Å². The Hall–Kier alpha value is -2.40. The van der Waals surface area contributed by atoms with Gasteiger partial charge in [-0.3, -0.25) is 9.48 Å². The molecule has 0 aliphatic rings. The summed E-state index contributed by atoms with van der Waals surface area (Å²) >= 11 is 0. The lowest BCUT2D eigenvalue weighted by Crippen LogP contribution is -2.04. The van der Waals surface area contributed by atoms with Crippen LogP contribution in [0.2, 0.25) is 0 Å². The van der Waals surface area contributed by atoms with Gasteiger partial charge in [0.2, 0.25) is 0 Å². The molecule has 0 spiro atoms. The number of carbonyl (C=O) groups is 1. The number of methoxy groups -OCH3 is 1. The maximum Gasteiger partial charge on any atom is 0.189 e. The highest BCUT2D eigenvalue weighted by Crippen LogP contribution is 2.15. The van der Waals surface area contributed by atoms with Gasteiger partial charge < -0.3 is 9.47 Å². The minimum Gasteiger partial charge on any atom is -0.491 e. The Morgan fingerprint density at radius 1 is 1.36 bits per heavy atom. The predicted molar refractivity (Wildman–Crippen MR) is 85.1 cm³/mol. The van der Waals surface area contributed by atoms with Gasteiger partial charge in [0.15, 0.2) is 5.78 Å². The van der Waals surface area contributed by atoms with Crippen molar-refractivity contribution >= 4 is 11.9 Å². The molecule has 5 nitrogen and oxygen atoms in total. The van der Waals surface area contributed by atoms with Crippen molar-refractivity contribution in [2.24, 2.45) is 7.05 Å². The van der Waals surface area contributed by atoms with Gasteiger partial charge in [-0.1, -0.05) is 18.2 Å². The second kappa shape index (κ2) is 7.56. The minimum atomic E-state index is -0.0590. The van der Waals surface area contributed by atoms with E-state index in [4.69, 9.17) is 9.47 Å². The number of aromatic nitrogens is 2. The van der Waals surface area contributed by atoms with E-state index in [9.17, 15) is 4.79 Å². The summed E-state index contributed by atoms with van der Waals surface area (Å²) in [5.74, 6) is 0.695. The number of nitrogens with zero attached hydrogens (tertiary/aromatic N) is 2. The average molecular weight is 300 g/mol. The molecule has 116 valence electrons. The summed E-state index contributed by atoms with van der Waals surface area (Å²) < 4.78 is 12.1. The van der Waals surface area contributed by atoms with Gasteiger partial charge in [0.25, 0.3) is 0 Å². The molecule has 2 rings (SSSR count). The lowest BCUT2D eigenvalue weighted by molar-refractivity contribution is 0.104. The van der Waals surface area contributed by atoms with Gasteiger partial charge in [-0.15, -0.1) is 0 Å². The van der Waals surface area contributed by atoms with E-state index in [1.807, 2.05) is 31.2 Å². The fourth-order valence-corrected chi connectivity index (χ4v) is 2.05. The summed E-state index contributed by atoms with van der Waals surface area (Å²) in [5, 5.41) is 4.17. The number of hydrogen-bond acceptors (Lipinski definition) is 4. The van der Waals surface area contributed by atoms with Gasteiger partial charge in [0, 0.05) is 20.4 Å². The quantitative estimate of drug-likeness (QED) is 0.448. The third-order valence-electron chi connectivity index (χ3n) is 3.12. The molecule has 0 bridgehead atoms. The first-order valence-electron chi connectivity index (χ1n) is 7.04. The summed E-state index contributed by atoms with van der Waals surface area (Å²) in [7, 11) is 3.43. The average Bonchev–Trinajstić information content (AvgIpc) is 2.84. The standard InChI is InChI=1S/C17H20N2O3/c1-13-16(12-19(2)18-13)17(20)8-7-14-5-4-6-15(11-14)22-10-9-21-3/h4-8,11-12H,9-10H2,1-3H3/b8-7-. The molecule has 1 aromatic carbocycles. The molecule has 22 heavy (non-hydrogen) atoms. The molecule has 0 aliphatic heterocycles. The Bertz CT molecular complexity index is 674. The van der Waals surface area contributed by atoms with Crippen molar-refractivity contribution in [3.05, 3.63) is 53.4 Å². The van der Waals surface area contributed by atoms with Gasteiger partial charge >= 0.3 is 0 Å². The molecule has 0 amide bonds. The van der Waals surface area contributed by atoms with E-state index in [-0.39, 0.29) is 5.78 Å². The van der Waals surface area contributed by atoms with E-state index in [0.717, 1.165) is 17.0 Å². The number of ketones is 1. The van der Waals surface area contributed by atoms with Crippen LogP contribution in [0.15, 0.2) is 36.5 Å². The van der Waals surface area contributed by atoms with Crippen molar-refractivity contribution in [1.29, 1.82) is 0 Å². The number of ether oxygens (including phenoxy) is 2. The molecule has 0 radical (unpaired) electrons. The van der Waals surface area contributed by atoms with Crippen LogP contribution >= 0.6 is 0 Å². The van der Waals surface area contributed by atoms with Crippen LogP contribution in [0.1, 0.15) is 21.6 Å². The Kier molecular flexibility index (Phi) is 5.49. The lowest BCUT2D eigenvalue weighted by Gasteiger charge is -2.05. The number of aryl methyl sites for hydroxylation is 2. The number of benzene rings is 1. The van der Waals surface area contributed by atoms with Crippen LogP contribution in [0, 0.1) is 6.92 Å². The van der Waals surface area contributed by atoms with Crippen LogP contribution in [0.5, 0.6) is 5.75 Å². The normalized spacial score (nSPS) is 11.0. The zero-order valence-corrected chi connectivity index (χ0v) is 13.1. The van der Waals surface area contributed by atoms with Gasteiger partial charge in [-0.2, -0.15) is 5.10 Å². The molecule has 0 fully saturated rings. The minimum absolute atomic E-state index is 0.0590. The SMILES string of the molecule is COCCOc1cccc(/C=C\C(=O)c2cn(C)nc2C)c1. The zero-order valence-electron chi connectivity index (χ0n) is 13.1. The zero-order chi connectivity index (χ0) is 15.9. The fraction of sp³-hybridized carbons (Fsp3) is 0.294. The second-order valence-corrected chi connectivity index (χ2v) is 4.91. The molecule has 0 aliphatic carbocycles. The molecule has 2 aromatic rings. The third kappa shape index (κ3) is 4.30. The van der Waals surface area contributed by atoms with Gasteiger partial charge in [0.1, 0.15) is 12.4 Å². The highest BCUT2D eigenvalue weighted by atomic mass is 16.5. The summed E-state index contributed by atoms with van der Waals surface area (Å²) in [6.45, 7) is 2.86. The largest absolute Gasteiger partial charge is 0.491 e. The number of allylic oxidation sites excluding steroid dienone is 1. The first kappa shape index (κ1) is 16.0. The van der Waals surface area contributed by atoms with Crippen LogP contribution < -0.4 is 4.74 Å². The van der Waals surface area contributed by atoms with Crippen LogP contribution in [0.25, 0.3) is 6.08 Å². The fourth-order valence-electron chi connectivity index (χ4n) is 2.05. The summed E-state index contributed by atoms with van der Waals surface area (Å²) in [5.41, 5.74) is 2.25. The van der Waals surface area contributed by atoms with Gasteiger partial charge in [-0.05, 0) is 30.7 Å². The Balaban J connectivity index is 2.05. The van der Waals surface area contributed by atoms with E-state index in [2.05, 4.69) is 5.10 Å². The predicted octanol–water partition coefficient (Wildman–Crippen LogP) is 2.65. The highest BCUT2D eigenvalue weighted by molar-refractivity contribution is 6.07. The number of hydrogen-bond donors (Lipinski definition) is 0. The van der Waals surface area contributed by atoms with Crippen LogP contribution in [-0.2, 0) is 11.8 Å². The Labute approximate surface area is 130 Å². The Morgan fingerprint density at radius 3 is 2.86 bits per heavy atom. The second-order valence-electron chi connectivity index (χ2n) is 4.91. The van der Waals surface area contributed by atoms with Crippen molar-refractivity contribution in [2.75, 3.05) is 20.3 Å². The van der Waals surface area contributed by atoms with Crippen molar-refractivity contribution in [3.8, 4) is 5.75 Å². The molecular formula is C17H20N2O3. The van der Waals surface area contributed by atoms with Crippen LogP contribution in [0.4, 0.5) is 0 Å². The number of rotatable bonds is 7. The van der Waals surface area contributed by atoms with Crippen molar-refractivity contribution in [2.45, 2.75) is 6.92 Å². The summed E-state index contributed by atoms with van der Waals surface area (Å²) in [4.78, 5) is 12.2.